The Kier molecular flexibility index (Phi) is 7.66. The summed E-state index contributed by atoms with van der Waals surface area (Å²) in [4.78, 5) is 28.2. The molecule has 4 rings (SSSR count). The molecule has 0 saturated carbocycles. The van der Waals surface area contributed by atoms with Gasteiger partial charge in [0.25, 0.3) is 11.7 Å². The Morgan fingerprint density at radius 1 is 0.946 bits per heavy atom. The Hall–Kier alpha value is -3.68. The van der Waals surface area contributed by atoms with Crippen LogP contribution in [0.15, 0.2) is 60.2 Å². The van der Waals surface area contributed by atoms with E-state index in [-0.39, 0.29) is 28.4 Å². The number of rotatable bonds is 7. The third kappa shape index (κ3) is 4.97. The summed E-state index contributed by atoms with van der Waals surface area (Å²) in [5, 5.41) is 22.5. The fourth-order valence-corrected chi connectivity index (χ4v) is 4.73. The number of Topliss-reactive ketones (excluding diaryl/α,β-unsaturated/α-hetero) is 1. The summed E-state index contributed by atoms with van der Waals surface area (Å²) in [7, 11) is 0. The molecule has 1 atom stereocenters. The Labute approximate surface area is 224 Å². The summed E-state index contributed by atoms with van der Waals surface area (Å²) in [6.07, 6.45) is 0. The number of halogens is 2. The van der Waals surface area contributed by atoms with Crippen LogP contribution in [-0.4, -0.2) is 35.1 Å². The van der Waals surface area contributed by atoms with Gasteiger partial charge in [0.15, 0.2) is 11.5 Å². The van der Waals surface area contributed by atoms with Crippen LogP contribution in [-0.2, 0) is 9.59 Å². The van der Waals surface area contributed by atoms with E-state index in [1.54, 1.807) is 63.2 Å². The summed E-state index contributed by atoms with van der Waals surface area (Å²) in [5.41, 5.74) is 1.70. The molecule has 1 aliphatic heterocycles. The maximum Gasteiger partial charge on any atom is 0.300 e. The molecule has 192 valence electrons. The van der Waals surface area contributed by atoms with E-state index in [0.717, 1.165) is 0 Å². The van der Waals surface area contributed by atoms with E-state index in [1.807, 2.05) is 0 Å². The number of amides is 1. The minimum atomic E-state index is -1.02. The minimum absolute atomic E-state index is 0.0933. The second-order valence-electron chi connectivity index (χ2n) is 8.34. The van der Waals surface area contributed by atoms with Crippen LogP contribution in [0.4, 0.5) is 5.69 Å². The second-order valence-corrected chi connectivity index (χ2v) is 9.18. The van der Waals surface area contributed by atoms with Crippen LogP contribution in [0.3, 0.4) is 0 Å². The monoisotopic (exact) mass is 541 g/mol. The number of carbonyl (C=O) groups is 2. The first-order chi connectivity index (χ1) is 17.7. The van der Waals surface area contributed by atoms with Gasteiger partial charge in [-0.3, -0.25) is 14.5 Å². The quantitative estimate of drug-likeness (QED) is 0.203. The van der Waals surface area contributed by atoms with Crippen molar-refractivity contribution in [3.05, 3.63) is 86.9 Å². The van der Waals surface area contributed by atoms with Crippen molar-refractivity contribution in [2.75, 3.05) is 18.1 Å². The molecule has 0 aromatic heterocycles. The first-order valence-corrected chi connectivity index (χ1v) is 12.4. The van der Waals surface area contributed by atoms with Crippen molar-refractivity contribution in [1.29, 1.82) is 0 Å². The third-order valence-corrected chi connectivity index (χ3v) is 6.51. The number of phenolic OH excluding ortho intramolecular Hbond substituents is 1. The largest absolute Gasteiger partial charge is 0.507 e. The molecule has 7 nitrogen and oxygen atoms in total. The van der Waals surface area contributed by atoms with Gasteiger partial charge in [-0.2, -0.15) is 0 Å². The molecule has 2 N–H and O–H groups in total. The number of carbonyl (C=O) groups excluding carboxylic acids is 2. The van der Waals surface area contributed by atoms with Gasteiger partial charge in [0.05, 0.1) is 29.9 Å². The van der Waals surface area contributed by atoms with Crippen molar-refractivity contribution in [2.24, 2.45) is 0 Å². The van der Waals surface area contributed by atoms with Gasteiger partial charge in [-0.1, -0.05) is 29.3 Å². The van der Waals surface area contributed by atoms with E-state index in [1.165, 1.54) is 17.0 Å². The summed E-state index contributed by atoms with van der Waals surface area (Å²) in [6.45, 7) is 5.97. The van der Waals surface area contributed by atoms with Gasteiger partial charge in [0, 0.05) is 16.3 Å². The van der Waals surface area contributed by atoms with Crippen molar-refractivity contribution >= 4 is 46.3 Å². The predicted octanol–water partition coefficient (Wildman–Crippen LogP) is 6.43. The van der Waals surface area contributed by atoms with Crippen molar-refractivity contribution in [2.45, 2.75) is 26.8 Å². The van der Waals surface area contributed by atoms with Crippen molar-refractivity contribution < 1.29 is 29.3 Å². The highest BCUT2D eigenvalue weighted by Crippen LogP contribution is 2.45. The fraction of sp³-hybridized carbons (Fsp3) is 0.214. The van der Waals surface area contributed by atoms with Crippen molar-refractivity contribution in [3.63, 3.8) is 0 Å². The van der Waals surface area contributed by atoms with Crippen LogP contribution in [0.25, 0.3) is 5.76 Å². The molecule has 1 aliphatic rings. The van der Waals surface area contributed by atoms with Gasteiger partial charge in [0.2, 0.25) is 0 Å². The SMILES string of the molecule is CCOc1cc(C2/C(=C(\O)c3ccc(Cl)c(OCC)c3)C(=O)C(=O)N2c2ccc(Cl)cc2C)ccc1O. The summed E-state index contributed by atoms with van der Waals surface area (Å²) >= 11 is 12.4. The number of hydrogen-bond acceptors (Lipinski definition) is 6. The van der Waals surface area contributed by atoms with Gasteiger partial charge in [-0.15, -0.1) is 0 Å². The first-order valence-electron chi connectivity index (χ1n) is 11.6. The lowest BCUT2D eigenvalue weighted by Gasteiger charge is -2.27. The number of aliphatic hydroxyl groups is 1. The average Bonchev–Trinajstić information content (AvgIpc) is 3.12. The minimum Gasteiger partial charge on any atom is -0.507 e. The van der Waals surface area contributed by atoms with Crippen LogP contribution < -0.4 is 14.4 Å². The molecule has 3 aromatic carbocycles. The number of benzene rings is 3. The van der Waals surface area contributed by atoms with Crippen molar-refractivity contribution in [3.8, 4) is 17.2 Å². The van der Waals surface area contributed by atoms with Gasteiger partial charge in [-0.25, -0.2) is 0 Å². The maximum atomic E-state index is 13.4. The highest BCUT2D eigenvalue weighted by molar-refractivity contribution is 6.52. The predicted molar refractivity (Wildman–Crippen MR) is 143 cm³/mol. The number of anilines is 1. The van der Waals surface area contributed by atoms with Gasteiger partial charge >= 0.3 is 0 Å². The lowest BCUT2D eigenvalue weighted by Crippen LogP contribution is -2.30. The Morgan fingerprint density at radius 2 is 1.65 bits per heavy atom. The van der Waals surface area contributed by atoms with Crippen LogP contribution in [0.1, 0.15) is 36.6 Å². The van der Waals surface area contributed by atoms with Crippen LogP contribution in [0.2, 0.25) is 10.0 Å². The fourth-order valence-electron chi connectivity index (χ4n) is 4.33. The number of aromatic hydroxyl groups is 1. The number of hydrogen-bond donors (Lipinski definition) is 2. The first kappa shape index (κ1) is 26.4. The van der Waals surface area contributed by atoms with Crippen LogP contribution in [0, 0.1) is 6.92 Å². The van der Waals surface area contributed by atoms with Gasteiger partial charge < -0.3 is 19.7 Å². The van der Waals surface area contributed by atoms with Crippen LogP contribution >= 0.6 is 23.2 Å². The highest BCUT2D eigenvalue weighted by Gasteiger charge is 2.47. The molecular weight excluding hydrogens is 517 g/mol. The zero-order valence-electron chi connectivity index (χ0n) is 20.4. The van der Waals surface area contributed by atoms with E-state index in [0.29, 0.717) is 45.8 Å². The molecule has 0 bridgehead atoms. The van der Waals surface area contributed by atoms with E-state index in [9.17, 15) is 19.8 Å². The molecule has 37 heavy (non-hydrogen) atoms. The summed E-state index contributed by atoms with van der Waals surface area (Å²) < 4.78 is 11.1. The Morgan fingerprint density at radius 3 is 2.32 bits per heavy atom. The molecule has 1 heterocycles. The lowest BCUT2D eigenvalue weighted by atomic mass is 9.94. The summed E-state index contributed by atoms with van der Waals surface area (Å²) in [6, 6.07) is 13.1. The third-order valence-electron chi connectivity index (χ3n) is 5.97. The average molecular weight is 542 g/mol. The van der Waals surface area contributed by atoms with Crippen LogP contribution in [0.5, 0.6) is 17.2 Å². The molecule has 9 heteroatoms. The Bertz CT molecular complexity index is 1420. The van der Waals surface area contributed by atoms with E-state index < -0.39 is 17.7 Å². The molecule has 1 fully saturated rings. The molecule has 1 amide bonds. The molecule has 3 aromatic rings. The molecule has 1 unspecified atom stereocenters. The molecule has 1 saturated heterocycles. The molecule has 0 radical (unpaired) electrons. The molecular formula is C28H25Cl2NO6. The zero-order chi connectivity index (χ0) is 26.9. The smallest absolute Gasteiger partial charge is 0.300 e. The number of ether oxygens (including phenoxy) is 2. The van der Waals surface area contributed by atoms with Crippen molar-refractivity contribution in [1.82, 2.24) is 0 Å². The normalized spacial score (nSPS) is 16.8. The van der Waals surface area contributed by atoms with E-state index in [4.69, 9.17) is 32.7 Å². The Balaban J connectivity index is 1.98. The number of nitrogens with zero attached hydrogens (tertiary/aromatic N) is 1. The van der Waals surface area contributed by atoms with Gasteiger partial charge in [0.1, 0.15) is 11.5 Å². The topological polar surface area (TPSA) is 96.3 Å². The zero-order valence-corrected chi connectivity index (χ0v) is 21.9. The number of aryl methyl sites for hydroxylation is 1. The molecule has 0 aliphatic carbocycles. The van der Waals surface area contributed by atoms with E-state index in [2.05, 4.69) is 0 Å². The number of aliphatic hydroxyl groups excluding tert-OH is 1. The summed E-state index contributed by atoms with van der Waals surface area (Å²) in [5.74, 6) is -1.65. The van der Waals surface area contributed by atoms with Gasteiger partial charge in [-0.05, 0) is 80.4 Å². The number of ketones is 1. The lowest BCUT2D eigenvalue weighted by molar-refractivity contribution is -0.132. The number of phenols is 1. The maximum absolute atomic E-state index is 13.4. The highest BCUT2D eigenvalue weighted by atomic mass is 35.5. The second kappa shape index (κ2) is 10.7. The van der Waals surface area contributed by atoms with E-state index >= 15 is 0 Å². The standard InChI is InChI=1S/C28H25Cl2NO6/c1-4-36-22-14-17(6-9-19(22)30)26(33)24-25(16-7-11-21(32)23(13-16)37-5-2)31(28(35)27(24)34)20-10-8-18(29)12-15(20)3/h6-14,25,32-33H,4-5H2,1-3H3/b26-24+. The molecule has 0 spiro atoms.